The summed E-state index contributed by atoms with van der Waals surface area (Å²) in [5, 5.41) is 0. The van der Waals surface area contributed by atoms with Crippen LogP contribution in [0.15, 0.2) is 18.2 Å². The summed E-state index contributed by atoms with van der Waals surface area (Å²) in [6, 6.07) is 5.60. The first-order valence-electron chi connectivity index (χ1n) is 4.08. The maximum Gasteiger partial charge on any atom is 0.260 e. The minimum Gasteiger partial charge on any atom is -0.278 e. The first-order valence-corrected chi connectivity index (χ1v) is 4.08. The molecule has 0 spiro atoms. The number of rotatable bonds is 1. The van der Waals surface area contributed by atoms with Gasteiger partial charge in [0.05, 0.1) is 6.54 Å². The fourth-order valence-electron chi connectivity index (χ4n) is 1.56. The number of aryl methyl sites for hydroxylation is 1. The molecule has 2 rings (SSSR count). The molecule has 1 aliphatic rings. The second kappa shape index (κ2) is 2.69. The topological polar surface area (TPSA) is 37.4 Å². The third kappa shape index (κ3) is 1.13. The lowest BCUT2D eigenvalue weighted by Gasteiger charge is -2.02. The molecule has 0 N–H and O–H groups in total. The van der Waals surface area contributed by atoms with Crippen molar-refractivity contribution in [2.45, 2.75) is 13.5 Å². The summed E-state index contributed by atoms with van der Waals surface area (Å²) in [5.74, 6) is -0.190. The first kappa shape index (κ1) is 7.98. The normalized spacial score (nSPS) is 14.5. The first-order chi connectivity index (χ1) is 6.22. The standard InChI is InChI=1S/C10H9NO2/c1-7-2-3-9-8(4-7)5-11(6-12)10(9)13/h2-4,6H,5H2,1H3. The van der Waals surface area contributed by atoms with E-state index in [0.717, 1.165) is 11.1 Å². The van der Waals surface area contributed by atoms with E-state index in [1.807, 2.05) is 19.1 Å². The van der Waals surface area contributed by atoms with Crippen LogP contribution in [0.1, 0.15) is 21.5 Å². The minimum atomic E-state index is -0.190. The Labute approximate surface area is 76.0 Å². The largest absolute Gasteiger partial charge is 0.278 e. The van der Waals surface area contributed by atoms with Gasteiger partial charge in [0, 0.05) is 5.56 Å². The number of fused-ring (bicyclic) bond motifs is 1. The van der Waals surface area contributed by atoms with Crippen LogP contribution in [0, 0.1) is 6.92 Å². The Morgan fingerprint density at radius 2 is 2.23 bits per heavy atom. The molecule has 0 unspecified atom stereocenters. The van der Waals surface area contributed by atoms with Crippen molar-refractivity contribution in [1.29, 1.82) is 0 Å². The van der Waals surface area contributed by atoms with E-state index in [9.17, 15) is 9.59 Å². The summed E-state index contributed by atoms with van der Waals surface area (Å²) >= 11 is 0. The molecule has 1 aromatic rings. The van der Waals surface area contributed by atoms with Crippen molar-refractivity contribution in [2.75, 3.05) is 0 Å². The van der Waals surface area contributed by atoms with Crippen LogP contribution in [0.25, 0.3) is 0 Å². The van der Waals surface area contributed by atoms with Gasteiger partial charge >= 0.3 is 0 Å². The van der Waals surface area contributed by atoms with Crippen LogP contribution < -0.4 is 0 Å². The SMILES string of the molecule is Cc1ccc2c(c1)CN(C=O)C2=O. The molecule has 0 saturated carbocycles. The lowest BCUT2D eigenvalue weighted by atomic mass is 10.1. The number of hydrogen-bond donors (Lipinski definition) is 0. The summed E-state index contributed by atoms with van der Waals surface area (Å²) in [4.78, 5) is 23.1. The van der Waals surface area contributed by atoms with Gasteiger partial charge in [-0.2, -0.15) is 0 Å². The average molecular weight is 175 g/mol. The lowest BCUT2D eigenvalue weighted by molar-refractivity contribution is -0.116. The van der Waals surface area contributed by atoms with Crippen LogP contribution in [-0.4, -0.2) is 17.2 Å². The zero-order chi connectivity index (χ0) is 9.42. The Bertz CT molecular complexity index is 385. The fraction of sp³-hybridized carbons (Fsp3) is 0.200. The molecule has 1 aliphatic heterocycles. The maximum atomic E-state index is 11.4. The van der Waals surface area contributed by atoms with Crippen molar-refractivity contribution in [3.05, 3.63) is 34.9 Å². The van der Waals surface area contributed by atoms with Crippen molar-refractivity contribution in [2.24, 2.45) is 0 Å². The minimum absolute atomic E-state index is 0.190. The molecule has 13 heavy (non-hydrogen) atoms. The lowest BCUT2D eigenvalue weighted by Crippen LogP contribution is -2.21. The third-order valence-electron chi connectivity index (χ3n) is 2.22. The van der Waals surface area contributed by atoms with E-state index < -0.39 is 0 Å². The highest BCUT2D eigenvalue weighted by Gasteiger charge is 2.26. The predicted octanol–water partition coefficient (Wildman–Crippen LogP) is 1.11. The number of nitrogens with zero attached hydrogens (tertiary/aromatic N) is 1. The van der Waals surface area contributed by atoms with Gasteiger partial charge in [-0.05, 0) is 18.6 Å². The summed E-state index contributed by atoms with van der Waals surface area (Å²) in [7, 11) is 0. The molecule has 0 fully saturated rings. The number of carbonyl (C=O) groups is 2. The van der Waals surface area contributed by atoms with Gasteiger partial charge in [-0.3, -0.25) is 14.5 Å². The molecule has 0 bridgehead atoms. The monoisotopic (exact) mass is 175 g/mol. The van der Waals surface area contributed by atoms with Crippen LogP contribution in [0.3, 0.4) is 0 Å². The highest BCUT2D eigenvalue weighted by atomic mass is 16.2. The predicted molar refractivity (Wildman–Crippen MR) is 47.1 cm³/mol. The van der Waals surface area contributed by atoms with E-state index >= 15 is 0 Å². The molecule has 0 atom stereocenters. The Morgan fingerprint density at radius 1 is 1.46 bits per heavy atom. The van der Waals surface area contributed by atoms with Crippen molar-refractivity contribution < 1.29 is 9.59 Å². The second-order valence-electron chi connectivity index (χ2n) is 3.20. The van der Waals surface area contributed by atoms with Crippen molar-refractivity contribution in [3.8, 4) is 0 Å². The van der Waals surface area contributed by atoms with Crippen LogP contribution in [0.4, 0.5) is 0 Å². The maximum absolute atomic E-state index is 11.4. The fourth-order valence-corrected chi connectivity index (χ4v) is 1.56. The van der Waals surface area contributed by atoms with Crippen LogP contribution in [0.2, 0.25) is 0 Å². The molecule has 0 radical (unpaired) electrons. The Hall–Kier alpha value is -1.64. The molecule has 1 aromatic carbocycles. The molecule has 1 heterocycles. The average Bonchev–Trinajstić information content (AvgIpc) is 2.42. The summed E-state index contributed by atoms with van der Waals surface area (Å²) in [6.07, 6.45) is 0.581. The van der Waals surface area contributed by atoms with Crippen LogP contribution in [0.5, 0.6) is 0 Å². The van der Waals surface area contributed by atoms with Gasteiger partial charge in [0.2, 0.25) is 6.41 Å². The Kier molecular flexibility index (Phi) is 1.65. The smallest absolute Gasteiger partial charge is 0.260 e. The van der Waals surface area contributed by atoms with E-state index in [1.165, 1.54) is 4.90 Å². The molecular weight excluding hydrogens is 166 g/mol. The van der Waals surface area contributed by atoms with E-state index in [-0.39, 0.29) is 5.91 Å². The summed E-state index contributed by atoms with van der Waals surface area (Å²) in [6.45, 7) is 2.38. The number of carbonyl (C=O) groups excluding carboxylic acids is 2. The van der Waals surface area contributed by atoms with Gasteiger partial charge in [0.15, 0.2) is 0 Å². The highest BCUT2D eigenvalue weighted by molar-refractivity contribution is 6.03. The van der Waals surface area contributed by atoms with E-state index in [2.05, 4.69) is 0 Å². The van der Waals surface area contributed by atoms with Crippen LogP contribution in [-0.2, 0) is 11.3 Å². The van der Waals surface area contributed by atoms with Gasteiger partial charge < -0.3 is 0 Å². The van der Waals surface area contributed by atoms with Gasteiger partial charge in [0.1, 0.15) is 0 Å². The molecule has 3 heteroatoms. The zero-order valence-electron chi connectivity index (χ0n) is 7.28. The number of imide groups is 1. The summed E-state index contributed by atoms with van der Waals surface area (Å²) in [5.41, 5.74) is 2.70. The molecule has 0 saturated heterocycles. The Balaban J connectivity index is 2.49. The number of benzene rings is 1. The van der Waals surface area contributed by atoms with E-state index in [1.54, 1.807) is 6.07 Å². The quantitative estimate of drug-likeness (QED) is 0.599. The molecule has 3 nitrogen and oxygen atoms in total. The molecular formula is C10H9NO2. The Morgan fingerprint density at radius 3 is 2.92 bits per heavy atom. The van der Waals surface area contributed by atoms with Gasteiger partial charge in [-0.1, -0.05) is 17.7 Å². The number of amides is 2. The van der Waals surface area contributed by atoms with E-state index in [0.29, 0.717) is 18.5 Å². The number of hydrogen-bond acceptors (Lipinski definition) is 2. The van der Waals surface area contributed by atoms with Crippen LogP contribution >= 0.6 is 0 Å². The molecule has 0 aliphatic carbocycles. The van der Waals surface area contributed by atoms with Gasteiger partial charge in [0.25, 0.3) is 5.91 Å². The van der Waals surface area contributed by atoms with Crippen molar-refractivity contribution in [1.82, 2.24) is 4.90 Å². The molecule has 66 valence electrons. The zero-order valence-corrected chi connectivity index (χ0v) is 7.28. The highest BCUT2D eigenvalue weighted by Crippen LogP contribution is 2.22. The van der Waals surface area contributed by atoms with E-state index in [4.69, 9.17) is 0 Å². The molecule has 0 aromatic heterocycles. The second-order valence-corrected chi connectivity index (χ2v) is 3.20. The molecule has 2 amide bonds. The third-order valence-corrected chi connectivity index (χ3v) is 2.22. The van der Waals surface area contributed by atoms with Gasteiger partial charge in [-0.15, -0.1) is 0 Å². The summed E-state index contributed by atoms with van der Waals surface area (Å²) < 4.78 is 0. The van der Waals surface area contributed by atoms with Gasteiger partial charge in [-0.25, -0.2) is 0 Å². The van der Waals surface area contributed by atoms with Crippen molar-refractivity contribution in [3.63, 3.8) is 0 Å². The van der Waals surface area contributed by atoms with Crippen molar-refractivity contribution >= 4 is 12.3 Å².